The van der Waals surface area contributed by atoms with Gasteiger partial charge in [-0.2, -0.15) is 0 Å². The van der Waals surface area contributed by atoms with E-state index in [1.54, 1.807) is 0 Å². The van der Waals surface area contributed by atoms with Crippen molar-refractivity contribution in [3.05, 3.63) is 34.3 Å². The molecule has 90 valence electrons. The number of hydrogen-bond acceptors (Lipinski definition) is 2. The van der Waals surface area contributed by atoms with Crippen molar-refractivity contribution in [3.63, 3.8) is 0 Å². The summed E-state index contributed by atoms with van der Waals surface area (Å²) in [5.74, 6) is 1.59. The maximum absolute atomic E-state index is 6.21. The minimum Gasteiger partial charge on any atom is -0.316 e. The second-order valence-corrected chi connectivity index (χ2v) is 5.20. The van der Waals surface area contributed by atoms with Gasteiger partial charge in [0.25, 0.3) is 0 Å². The predicted molar refractivity (Wildman–Crippen MR) is 69.9 cm³/mol. The summed E-state index contributed by atoms with van der Waals surface area (Å²) >= 11 is 12.3. The van der Waals surface area contributed by atoms with E-state index in [1.165, 1.54) is 6.42 Å². The molecular weight excluding hydrogens is 257 g/mol. The third-order valence-electron chi connectivity index (χ3n) is 3.27. The van der Waals surface area contributed by atoms with Gasteiger partial charge >= 0.3 is 0 Å². The largest absolute Gasteiger partial charge is 0.316 e. The van der Waals surface area contributed by atoms with Crippen LogP contribution in [0.5, 0.6) is 0 Å². The highest BCUT2D eigenvalue weighted by atomic mass is 35.5. The summed E-state index contributed by atoms with van der Waals surface area (Å²) in [5, 5.41) is 4.56. The van der Waals surface area contributed by atoms with Crippen LogP contribution >= 0.6 is 23.2 Å². The summed E-state index contributed by atoms with van der Waals surface area (Å²) in [4.78, 5) is 4.43. The van der Waals surface area contributed by atoms with Crippen molar-refractivity contribution in [1.29, 1.82) is 0 Å². The number of nitrogens with zero attached hydrogens (tertiary/aromatic N) is 2. The zero-order valence-corrected chi connectivity index (χ0v) is 10.8. The molecule has 0 bridgehead atoms. The van der Waals surface area contributed by atoms with Gasteiger partial charge in [-0.25, -0.2) is 4.98 Å². The van der Waals surface area contributed by atoms with Crippen molar-refractivity contribution in [2.75, 3.05) is 13.1 Å². The summed E-state index contributed by atoms with van der Waals surface area (Å²) in [6.07, 6.45) is 2.11. The summed E-state index contributed by atoms with van der Waals surface area (Å²) in [6.45, 7) is 2.15. The van der Waals surface area contributed by atoms with Crippen LogP contribution in [0.4, 0.5) is 0 Å². The van der Waals surface area contributed by atoms with E-state index in [0.717, 1.165) is 30.9 Å². The number of aromatic nitrogens is 2. The number of fused-ring (bicyclic) bond motifs is 1. The molecule has 1 aliphatic heterocycles. The summed E-state index contributed by atoms with van der Waals surface area (Å²) < 4.78 is 1.95. The molecule has 2 aromatic rings. The van der Waals surface area contributed by atoms with E-state index in [-0.39, 0.29) is 0 Å². The van der Waals surface area contributed by atoms with Gasteiger partial charge in [-0.1, -0.05) is 29.3 Å². The maximum atomic E-state index is 6.21. The van der Waals surface area contributed by atoms with E-state index in [1.807, 2.05) is 22.6 Å². The minimum atomic E-state index is 0.536. The average Bonchev–Trinajstić information content (AvgIpc) is 2.90. The summed E-state index contributed by atoms with van der Waals surface area (Å²) in [5.41, 5.74) is 0.889. The molecule has 3 heterocycles. The van der Waals surface area contributed by atoms with Gasteiger partial charge < -0.3 is 5.32 Å². The van der Waals surface area contributed by atoms with Crippen LogP contribution in [0.2, 0.25) is 10.3 Å². The first kappa shape index (κ1) is 11.3. The monoisotopic (exact) mass is 269 g/mol. The van der Waals surface area contributed by atoms with Crippen LogP contribution in [0.25, 0.3) is 5.52 Å². The normalized spacial score (nSPS) is 20.2. The summed E-state index contributed by atoms with van der Waals surface area (Å²) in [7, 11) is 0. The van der Waals surface area contributed by atoms with Crippen molar-refractivity contribution in [3.8, 4) is 0 Å². The first-order valence-corrected chi connectivity index (χ1v) is 6.53. The first-order valence-electron chi connectivity index (χ1n) is 5.78. The van der Waals surface area contributed by atoms with E-state index in [4.69, 9.17) is 23.2 Å². The molecule has 17 heavy (non-hydrogen) atoms. The van der Waals surface area contributed by atoms with E-state index in [0.29, 0.717) is 16.2 Å². The Hall–Kier alpha value is -0.770. The van der Waals surface area contributed by atoms with Crippen molar-refractivity contribution in [2.24, 2.45) is 5.92 Å². The van der Waals surface area contributed by atoms with E-state index in [9.17, 15) is 0 Å². The Bertz CT molecular complexity index is 544. The van der Waals surface area contributed by atoms with Crippen molar-refractivity contribution < 1.29 is 0 Å². The van der Waals surface area contributed by atoms with E-state index in [2.05, 4.69) is 10.3 Å². The lowest BCUT2D eigenvalue weighted by Gasteiger charge is -2.07. The van der Waals surface area contributed by atoms with Gasteiger partial charge in [0, 0.05) is 6.42 Å². The third-order valence-corrected chi connectivity index (χ3v) is 3.85. The SMILES string of the molecule is Clc1nc(CC2CCNC2)n2c(Cl)cccc12. The fraction of sp³-hybridized carbons (Fsp3) is 0.417. The summed E-state index contributed by atoms with van der Waals surface area (Å²) in [6, 6.07) is 5.70. The second kappa shape index (κ2) is 4.48. The lowest BCUT2D eigenvalue weighted by Crippen LogP contribution is -2.12. The highest BCUT2D eigenvalue weighted by molar-refractivity contribution is 6.33. The maximum Gasteiger partial charge on any atom is 0.155 e. The molecule has 3 nitrogen and oxygen atoms in total. The zero-order valence-electron chi connectivity index (χ0n) is 9.29. The number of hydrogen-bond donors (Lipinski definition) is 1. The molecule has 0 spiro atoms. The van der Waals surface area contributed by atoms with Crippen molar-refractivity contribution in [2.45, 2.75) is 12.8 Å². The molecule has 0 radical (unpaired) electrons. The Kier molecular flexibility index (Phi) is 2.99. The van der Waals surface area contributed by atoms with Gasteiger partial charge in [0.15, 0.2) is 5.15 Å². The number of pyridine rings is 1. The topological polar surface area (TPSA) is 29.3 Å². The lowest BCUT2D eigenvalue weighted by atomic mass is 10.1. The van der Waals surface area contributed by atoms with E-state index < -0.39 is 0 Å². The van der Waals surface area contributed by atoms with Gasteiger partial charge in [0.05, 0.1) is 5.52 Å². The molecular formula is C12H13Cl2N3. The zero-order chi connectivity index (χ0) is 11.8. The van der Waals surface area contributed by atoms with Gasteiger partial charge in [-0.15, -0.1) is 0 Å². The van der Waals surface area contributed by atoms with Crippen molar-refractivity contribution >= 4 is 28.7 Å². The van der Waals surface area contributed by atoms with Crippen LogP contribution in [0.3, 0.4) is 0 Å². The molecule has 1 unspecified atom stereocenters. The van der Waals surface area contributed by atoms with Crippen LogP contribution < -0.4 is 5.32 Å². The number of rotatable bonds is 2. The highest BCUT2D eigenvalue weighted by Gasteiger charge is 2.19. The molecule has 0 amide bonds. The molecule has 2 aromatic heterocycles. The fourth-order valence-corrected chi connectivity index (χ4v) is 2.92. The Morgan fingerprint density at radius 3 is 3.06 bits per heavy atom. The minimum absolute atomic E-state index is 0.536. The molecule has 5 heteroatoms. The number of halogens is 2. The predicted octanol–water partition coefficient (Wildman–Crippen LogP) is 2.79. The third kappa shape index (κ3) is 2.03. The van der Waals surface area contributed by atoms with E-state index >= 15 is 0 Å². The van der Waals surface area contributed by atoms with Crippen LogP contribution in [0, 0.1) is 5.92 Å². The fourth-order valence-electron chi connectivity index (χ4n) is 2.41. The Morgan fingerprint density at radius 2 is 2.29 bits per heavy atom. The smallest absolute Gasteiger partial charge is 0.155 e. The standard InChI is InChI=1S/C12H13Cl2N3/c13-10-3-1-2-9-12(14)16-11(17(9)10)6-8-4-5-15-7-8/h1-3,8,15H,4-7H2. The molecule has 1 aliphatic rings. The molecule has 1 fully saturated rings. The molecule has 0 aromatic carbocycles. The first-order chi connectivity index (χ1) is 8.25. The van der Waals surface area contributed by atoms with Crippen molar-refractivity contribution in [1.82, 2.24) is 14.7 Å². The molecule has 0 saturated carbocycles. The molecule has 1 N–H and O–H groups in total. The van der Waals surface area contributed by atoms with Gasteiger partial charge in [0.1, 0.15) is 11.0 Å². The van der Waals surface area contributed by atoms with Gasteiger partial charge in [-0.05, 0) is 37.6 Å². The van der Waals surface area contributed by atoms with Gasteiger partial charge in [0.2, 0.25) is 0 Å². The Balaban J connectivity index is 2.03. The molecule has 3 rings (SSSR count). The molecule has 1 atom stereocenters. The molecule has 0 aliphatic carbocycles. The Labute approximate surface area is 110 Å². The second-order valence-electron chi connectivity index (χ2n) is 4.45. The van der Waals surface area contributed by atoms with Crippen LogP contribution in [0.15, 0.2) is 18.2 Å². The lowest BCUT2D eigenvalue weighted by molar-refractivity contribution is 0.560. The van der Waals surface area contributed by atoms with Crippen LogP contribution in [-0.2, 0) is 6.42 Å². The number of nitrogens with one attached hydrogen (secondary N) is 1. The molecule has 1 saturated heterocycles. The quantitative estimate of drug-likeness (QED) is 0.850. The average molecular weight is 270 g/mol. The highest BCUT2D eigenvalue weighted by Crippen LogP contribution is 2.25. The Morgan fingerprint density at radius 1 is 1.41 bits per heavy atom. The number of imidazole rings is 1. The van der Waals surface area contributed by atoms with Crippen LogP contribution in [-0.4, -0.2) is 22.5 Å². The van der Waals surface area contributed by atoms with Gasteiger partial charge in [-0.3, -0.25) is 4.40 Å². The van der Waals surface area contributed by atoms with Crippen LogP contribution in [0.1, 0.15) is 12.2 Å².